The maximum atomic E-state index is 5.75. The second-order valence-electron chi connectivity index (χ2n) is 2.15. The van der Waals surface area contributed by atoms with Crippen molar-refractivity contribution in [3.05, 3.63) is 21.9 Å². The third-order valence-corrected chi connectivity index (χ3v) is 1.98. The SMILES string of the molecule is CCc1cc(Cl)c(N)c(Cl)n1. The highest BCUT2D eigenvalue weighted by atomic mass is 35.5. The first-order chi connectivity index (χ1) is 5.15. The van der Waals surface area contributed by atoms with Gasteiger partial charge >= 0.3 is 0 Å². The number of anilines is 1. The molecule has 0 unspecified atom stereocenters. The second-order valence-corrected chi connectivity index (χ2v) is 2.92. The summed E-state index contributed by atoms with van der Waals surface area (Å²) >= 11 is 11.4. The quantitative estimate of drug-likeness (QED) is 0.692. The molecule has 0 bridgehead atoms. The molecule has 1 rings (SSSR count). The van der Waals surface area contributed by atoms with E-state index in [9.17, 15) is 0 Å². The van der Waals surface area contributed by atoms with Crippen molar-refractivity contribution in [2.24, 2.45) is 0 Å². The first-order valence-electron chi connectivity index (χ1n) is 3.25. The van der Waals surface area contributed by atoms with Crippen LogP contribution >= 0.6 is 23.2 Å². The summed E-state index contributed by atoms with van der Waals surface area (Å²) in [5.74, 6) is 0. The lowest BCUT2D eigenvalue weighted by atomic mass is 10.3. The number of halogens is 2. The molecule has 60 valence electrons. The van der Waals surface area contributed by atoms with Crippen LogP contribution in [0.15, 0.2) is 6.07 Å². The maximum Gasteiger partial charge on any atom is 0.153 e. The van der Waals surface area contributed by atoms with Crippen LogP contribution in [0.2, 0.25) is 10.2 Å². The fourth-order valence-electron chi connectivity index (χ4n) is 0.722. The minimum Gasteiger partial charge on any atom is -0.395 e. The zero-order valence-corrected chi connectivity index (χ0v) is 7.58. The van der Waals surface area contributed by atoms with E-state index < -0.39 is 0 Å². The van der Waals surface area contributed by atoms with Crippen LogP contribution in [0.4, 0.5) is 5.69 Å². The molecule has 0 saturated carbocycles. The van der Waals surface area contributed by atoms with Crippen LogP contribution in [0.3, 0.4) is 0 Å². The topological polar surface area (TPSA) is 38.9 Å². The first kappa shape index (κ1) is 8.62. The number of nitrogens with zero attached hydrogens (tertiary/aromatic N) is 1. The summed E-state index contributed by atoms with van der Waals surface area (Å²) in [5, 5.41) is 0.760. The van der Waals surface area contributed by atoms with Crippen molar-refractivity contribution in [1.82, 2.24) is 4.98 Å². The minimum absolute atomic E-state index is 0.286. The molecule has 2 N–H and O–H groups in total. The number of pyridine rings is 1. The number of hydrogen-bond donors (Lipinski definition) is 1. The van der Waals surface area contributed by atoms with Crippen molar-refractivity contribution in [3.8, 4) is 0 Å². The Kier molecular flexibility index (Phi) is 2.58. The summed E-state index contributed by atoms with van der Waals surface area (Å²) in [7, 11) is 0. The van der Waals surface area contributed by atoms with Crippen LogP contribution < -0.4 is 5.73 Å². The van der Waals surface area contributed by atoms with Gasteiger partial charge in [0.1, 0.15) is 0 Å². The van der Waals surface area contributed by atoms with Crippen LogP contribution in [-0.2, 0) is 6.42 Å². The van der Waals surface area contributed by atoms with Gasteiger partial charge in [-0.05, 0) is 12.5 Å². The molecule has 0 aliphatic heterocycles. The number of nitrogens with two attached hydrogens (primary N) is 1. The molecule has 11 heavy (non-hydrogen) atoms. The van der Waals surface area contributed by atoms with E-state index in [1.807, 2.05) is 6.92 Å². The Bertz CT molecular complexity index is 250. The predicted octanol–water partition coefficient (Wildman–Crippen LogP) is 2.53. The van der Waals surface area contributed by atoms with Gasteiger partial charge in [-0.2, -0.15) is 0 Å². The van der Waals surface area contributed by atoms with E-state index in [1.54, 1.807) is 6.07 Å². The van der Waals surface area contributed by atoms with Crippen molar-refractivity contribution >= 4 is 28.9 Å². The summed E-state index contributed by atoms with van der Waals surface area (Å²) in [6.45, 7) is 1.98. The molecular formula is C7H8Cl2N2. The summed E-state index contributed by atoms with van der Waals surface area (Å²) < 4.78 is 0. The normalized spacial score (nSPS) is 10.1. The highest BCUT2D eigenvalue weighted by Crippen LogP contribution is 2.25. The number of rotatable bonds is 1. The van der Waals surface area contributed by atoms with Crippen molar-refractivity contribution < 1.29 is 0 Å². The van der Waals surface area contributed by atoms with Gasteiger partial charge < -0.3 is 5.73 Å². The Morgan fingerprint density at radius 3 is 2.64 bits per heavy atom. The lowest BCUT2D eigenvalue weighted by Gasteiger charge is -2.02. The Labute approximate surface area is 75.3 Å². The van der Waals surface area contributed by atoms with Gasteiger partial charge in [0, 0.05) is 5.69 Å². The van der Waals surface area contributed by atoms with Gasteiger partial charge in [0.25, 0.3) is 0 Å². The van der Waals surface area contributed by atoms with E-state index in [1.165, 1.54) is 0 Å². The molecule has 1 heterocycles. The summed E-state index contributed by atoms with van der Waals surface area (Å²) in [6, 6.07) is 1.72. The Morgan fingerprint density at radius 1 is 1.55 bits per heavy atom. The smallest absolute Gasteiger partial charge is 0.153 e. The van der Waals surface area contributed by atoms with E-state index in [2.05, 4.69) is 4.98 Å². The molecule has 0 fully saturated rings. The maximum absolute atomic E-state index is 5.75. The standard InChI is InChI=1S/C7H8Cl2N2/c1-2-4-3-5(8)6(10)7(9)11-4/h3H,2,10H2,1H3. The Hall–Kier alpha value is -0.470. The molecule has 0 aliphatic carbocycles. The van der Waals surface area contributed by atoms with E-state index >= 15 is 0 Å². The number of aryl methyl sites for hydroxylation is 1. The highest BCUT2D eigenvalue weighted by molar-refractivity contribution is 6.38. The molecule has 2 nitrogen and oxygen atoms in total. The van der Waals surface area contributed by atoms with Gasteiger partial charge in [-0.1, -0.05) is 30.1 Å². The molecule has 0 aliphatic rings. The molecule has 0 aromatic carbocycles. The second kappa shape index (κ2) is 3.28. The summed E-state index contributed by atoms with van der Waals surface area (Å²) in [6.07, 6.45) is 0.805. The average molecular weight is 191 g/mol. The zero-order valence-electron chi connectivity index (χ0n) is 6.06. The minimum atomic E-state index is 0.286. The Balaban J connectivity index is 3.21. The third kappa shape index (κ3) is 1.76. The van der Waals surface area contributed by atoms with Crippen LogP contribution in [0.5, 0.6) is 0 Å². The molecule has 0 saturated heterocycles. The Morgan fingerprint density at radius 2 is 2.18 bits per heavy atom. The molecule has 0 spiro atoms. The van der Waals surface area contributed by atoms with Gasteiger partial charge in [-0.3, -0.25) is 0 Å². The lowest BCUT2D eigenvalue weighted by Crippen LogP contribution is -1.94. The zero-order chi connectivity index (χ0) is 8.43. The molecule has 1 aromatic rings. The van der Waals surface area contributed by atoms with E-state index in [4.69, 9.17) is 28.9 Å². The van der Waals surface area contributed by atoms with E-state index in [-0.39, 0.29) is 5.15 Å². The van der Waals surface area contributed by atoms with Crippen LogP contribution in [0.25, 0.3) is 0 Å². The van der Waals surface area contributed by atoms with Crippen LogP contribution in [0, 0.1) is 0 Å². The van der Waals surface area contributed by atoms with Gasteiger partial charge in [-0.15, -0.1) is 0 Å². The average Bonchev–Trinajstić information content (AvgIpc) is 1.99. The van der Waals surface area contributed by atoms with Gasteiger partial charge in [0.05, 0.1) is 10.7 Å². The summed E-state index contributed by atoms with van der Waals surface area (Å²) in [4.78, 5) is 4.01. The first-order valence-corrected chi connectivity index (χ1v) is 4.01. The van der Waals surface area contributed by atoms with Crippen molar-refractivity contribution in [2.75, 3.05) is 5.73 Å². The van der Waals surface area contributed by atoms with Crippen molar-refractivity contribution in [2.45, 2.75) is 13.3 Å². The molecule has 1 aromatic heterocycles. The largest absolute Gasteiger partial charge is 0.395 e. The van der Waals surface area contributed by atoms with Gasteiger partial charge in [0.2, 0.25) is 0 Å². The van der Waals surface area contributed by atoms with Gasteiger partial charge in [0.15, 0.2) is 5.15 Å². The molecule has 4 heteroatoms. The van der Waals surface area contributed by atoms with Crippen molar-refractivity contribution in [1.29, 1.82) is 0 Å². The predicted molar refractivity (Wildman–Crippen MR) is 48.0 cm³/mol. The van der Waals surface area contributed by atoms with Gasteiger partial charge in [-0.25, -0.2) is 4.98 Å². The fourth-order valence-corrected chi connectivity index (χ4v) is 1.20. The highest BCUT2D eigenvalue weighted by Gasteiger charge is 2.04. The lowest BCUT2D eigenvalue weighted by molar-refractivity contribution is 1.04. The molecule has 0 atom stereocenters. The molecule has 0 amide bonds. The van der Waals surface area contributed by atoms with E-state index in [0.717, 1.165) is 12.1 Å². The number of hydrogen-bond acceptors (Lipinski definition) is 2. The summed E-state index contributed by atoms with van der Waals surface area (Å²) in [5.41, 5.74) is 6.69. The van der Waals surface area contributed by atoms with E-state index in [0.29, 0.717) is 10.7 Å². The fraction of sp³-hybridized carbons (Fsp3) is 0.286. The third-order valence-electron chi connectivity index (χ3n) is 1.38. The van der Waals surface area contributed by atoms with Crippen LogP contribution in [-0.4, -0.2) is 4.98 Å². The molecular weight excluding hydrogens is 183 g/mol. The van der Waals surface area contributed by atoms with Crippen LogP contribution in [0.1, 0.15) is 12.6 Å². The molecule has 0 radical (unpaired) electrons. The number of nitrogen functional groups attached to an aromatic ring is 1. The van der Waals surface area contributed by atoms with Crippen molar-refractivity contribution in [3.63, 3.8) is 0 Å². The number of aromatic nitrogens is 1. The monoisotopic (exact) mass is 190 g/mol.